The minimum atomic E-state index is 0.595. The number of rotatable bonds is 6. The van der Waals surface area contributed by atoms with Crippen LogP contribution in [0.2, 0.25) is 0 Å². The molecule has 158 valence electrons. The van der Waals surface area contributed by atoms with Gasteiger partial charge >= 0.3 is 0 Å². The van der Waals surface area contributed by atoms with Gasteiger partial charge in [-0.15, -0.1) is 0 Å². The third-order valence-corrected chi connectivity index (χ3v) is 5.69. The van der Waals surface area contributed by atoms with Gasteiger partial charge in [-0.05, 0) is 42.8 Å². The van der Waals surface area contributed by atoms with E-state index in [4.69, 9.17) is 4.98 Å². The molecule has 0 bridgehead atoms. The summed E-state index contributed by atoms with van der Waals surface area (Å²) in [6, 6.07) is 12.5. The smallest absolute Gasteiger partial charge is 0.227 e. The summed E-state index contributed by atoms with van der Waals surface area (Å²) in [5.41, 5.74) is 5.37. The summed E-state index contributed by atoms with van der Waals surface area (Å²) < 4.78 is 2.25. The van der Waals surface area contributed by atoms with Gasteiger partial charge in [0.05, 0.1) is 17.4 Å². The zero-order valence-corrected chi connectivity index (χ0v) is 17.8. The number of benzene rings is 1. The first-order valence-electron chi connectivity index (χ1n) is 10.9. The van der Waals surface area contributed by atoms with Gasteiger partial charge in [0, 0.05) is 73.6 Å². The lowest BCUT2D eigenvalue weighted by molar-refractivity contribution is 0.589. The van der Waals surface area contributed by atoms with E-state index in [-0.39, 0.29) is 0 Å². The maximum atomic E-state index is 4.80. The van der Waals surface area contributed by atoms with Crippen molar-refractivity contribution in [2.75, 3.05) is 36.4 Å². The number of fused-ring (bicyclic) bond motifs is 1. The molecule has 4 aromatic rings. The second kappa shape index (κ2) is 8.73. The van der Waals surface area contributed by atoms with E-state index in [0.29, 0.717) is 5.95 Å². The molecule has 4 heterocycles. The minimum Gasteiger partial charge on any atom is -0.369 e. The van der Waals surface area contributed by atoms with Crippen molar-refractivity contribution in [2.24, 2.45) is 0 Å². The Morgan fingerprint density at radius 2 is 1.87 bits per heavy atom. The number of nitrogens with one attached hydrogen (secondary N) is 2. The van der Waals surface area contributed by atoms with Crippen LogP contribution in [-0.4, -0.2) is 45.7 Å². The van der Waals surface area contributed by atoms with Crippen molar-refractivity contribution in [2.45, 2.75) is 19.9 Å². The predicted octanol–water partition coefficient (Wildman–Crippen LogP) is 4.06. The molecule has 0 atom stereocenters. The third-order valence-electron chi connectivity index (χ3n) is 5.69. The van der Waals surface area contributed by atoms with Gasteiger partial charge in [0.25, 0.3) is 0 Å². The van der Waals surface area contributed by atoms with Crippen molar-refractivity contribution in [1.29, 1.82) is 0 Å². The predicted molar refractivity (Wildman–Crippen MR) is 126 cm³/mol. The molecule has 1 aromatic carbocycles. The van der Waals surface area contributed by atoms with E-state index >= 15 is 0 Å². The molecule has 0 amide bonds. The molecule has 0 spiro atoms. The van der Waals surface area contributed by atoms with Crippen LogP contribution >= 0.6 is 0 Å². The van der Waals surface area contributed by atoms with Gasteiger partial charge in [-0.2, -0.15) is 0 Å². The molecule has 1 aliphatic heterocycles. The summed E-state index contributed by atoms with van der Waals surface area (Å²) in [5, 5.41) is 7.90. The first kappa shape index (κ1) is 19.5. The third kappa shape index (κ3) is 4.09. The van der Waals surface area contributed by atoms with E-state index in [1.54, 1.807) is 0 Å². The lowest BCUT2D eigenvalue weighted by atomic mass is 10.1. The van der Waals surface area contributed by atoms with E-state index in [9.17, 15) is 0 Å². The molecule has 5 rings (SSSR count). The van der Waals surface area contributed by atoms with Crippen LogP contribution < -0.4 is 15.5 Å². The van der Waals surface area contributed by atoms with Gasteiger partial charge < -0.3 is 20.1 Å². The van der Waals surface area contributed by atoms with E-state index in [0.717, 1.165) is 67.0 Å². The average molecular weight is 414 g/mol. The molecular formula is C24H27N7. The van der Waals surface area contributed by atoms with Crippen LogP contribution in [0.25, 0.3) is 22.2 Å². The molecule has 0 radical (unpaired) electrons. The zero-order chi connectivity index (χ0) is 21.0. The van der Waals surface area contributed by atoms with E-state index in [2.05, 4.69) is 73.5 Å². The van der Waals surface area contributed by atoms with E-state index < -0.39 is 0 Å². The summed E-state index contributed by atoms with van der Waals surface area (Å²) in [6.07, 6.45) is 8.81. The largest absolute Gasteiger partial charge is 0.369 e. The number of piperazine rings is 1. The fourth-order valence-electron chi connectivity index (χ4n) is 4.14. The number of hydrogen-bond donors (Lipinski definition) is 2. The minimum absolute atomic E-state index is 0.595. The number of pyridine rings is 1. The van der Waals surface area contributed by atoms with Crippen molar-refractivity contribution >= 4 is 28.2 Å². The number of nitrogens with zero attached hydrogens (tertiary/aromatic N) is 5. The first-order chi connectivity index (χ1) is 15.3. The van der Waals surface area contributed by atoms with Crippen LogP contribution in [0.4, 0.5) is 17.3 Å². The number of hydrogen-bond acceptors (Lipinski definition) is 6. The highest BCUT2D eigenvalue weighted by atomic mass is 15.2. The molecule has 0 unspecified atom stereocenters. The molecule has 7 nitrogen and oxygen atoms in total. The van der Waals surface area contributed by atoms with Crippen molar-refractivity contribution in [3.63, 3.8) is 0 Å². The number of anilines is 3. The molecule has 31 heavy (non-hydrogen) atoms. The van der Waals surface area contributed by atoms with Gasteiger partial charge in [0.1, 0.15) is 0 Å². The Bertz CT molecular complexity index is 1160. The van der Waals surface area contributed by atoms with Crippen molar-refractivity contribution in [3.8, 4) is 11.3 Å². The fourth-order valence-corrected chi connectivity index (χ4v) is 4.14. The Hall–Kier alpha value is -3.45. The van der Waals surface area contributed by atoms with Crippen LogP contribution in [0.1, 0.15) is 13.3 Å². The van der Waals surface area contributed by atoms with Crippen molar-refractivity contribution in [1.82, 2.24) is 24.8 Å². The van der Waals surface area contributed by atoms with Crippen LogP contribution in [-0.2, 0) is 6.54 Å². The molecule has 1 fully saturated rings. The standard InChI is InChI=1S/C24H27N7/c1-2-13-31-17-21(20-7-9-26-16-23(20)31)22-8-10-27-24(29-22)28-18-3-5-19(6-4-18)30-14-11-25-12-15-30/h3-10,16-17,25H,2,11-15H2,1H3,(H,27,28,29). The molecule has 1 saturated heterocycles. The first-order valence-corrected chi connectivity index (χ1v) is 10.9. The Kier molecular flexibility index (Phi) is 5.50. The maximum absolute atomic E-state index is 4.80. The summed E-state index contributed by atoms with van der Waals surface area (Å²) >= 11 is 0. The van der Waals surface area contributed by atoms with Crippen LogP contribution in [0, 0.1) is 0 Å². The second-order valence-corrected chi connectivity index (χ2v) is 7.80. The van der Waals surface area contributed by atoms with Crippen LogP contribution in [0.3, 0.4) is 0 Å². The molecule has 0 saturated carbocycles. The second-order valence-electron chi connectivity index (χ2n) is 7.80. The lowest BCUT2D eigenvalue weighted by Gasteiger charge is -2.29. The van der Waals surface area contributed by atoms with E-state index in [1.165, 1.54) is 5.69 Å². The molecule has 2 N–H and O–H groups in total. The Morgan fingerprint density at radius 1 is 1.03 bits per heavy atom. The maximum Gasteiger partial charge on any atom is 0.227 e. The zero-order valence-electron chi connectivity index (χ0n) is 17.8. The molecule has 1 aliphatic rings. The van der Waals surface area contributed by atoms with Crippen LogP contribution in [0.5, 0.6) is 0 Å². The van der Waals surface area contributed by atoms with E-state index in [1.807, 2.05) is 24.7 Å². The van der Waals surface area contributed by atoms with Crippen molar-refractivity contribution in [3.05, 3.63) is 61.2 Å². The molecule has 7 heteroatoms. The van der Waals surface area contributed by atoms with Gasteiger partial charge in [-0.25, -0.2) is 9.97 Å². The Balaban J connectivity index is 1.39. The highest BCUT2D eigenvalue weighted by Gasteiger charge is 2.13. The lowest BCUT2D eigenvalue weighted by Crippen LogP contribution is -2.43. The topological polar surface area (TPSA) is 70.9 Å². The van der Waals surface area contributed by atoms with Crippen LogP contribution in [0.15, 0.2) is 61.2 Å². The Morgan fingerprint density at radius 3 is 2.68 bits per heavy atom. The summed E-state index contributed by atoms with van der Waals surface area (Å²) in [6.45, 7) is 7.29. The molecular weight excluding hydrogens is 386 g/mol. The van der Waals surface area contributed by atoms with Gasteiger partial charge in [0.2, 0.25) is 5.95 Å². The highest BCUT2D eigenvalue weighted by Crippen LogP contribution is 2.30. The quantitative estimate of drug-likeness (QED) is 0.497. The molecule has 0 aliphatic carbocycles. The Labute approximate surface area is 182 Å². The number of aromatic nitrogens is 4. The SMILES string of the molecule is CCCn1cc(-c2ccnc(Nc3ccc(N4CCNCC4)cc3)n2)c2ccncc21. The molecule has 3 aromatic heterocycles. The normalized spacial score (nSPS) is 14.2. The van der Waals surface area contributed by atoms with Gasteiger partial charge in [-0.1, -0.05) is 6.92 Å². The summed E-state index contributed by atoms with van der Waals surface area (Å²) in [7, 11) is 0. The fraction of sp³-hybridized carbons (Fsp3) is 0.292. The van der Waals surface area contributed by atoms with Crippen molar-refractivity contribution < 1.29 is 0 Å². The highest BCUT2D eigenvalue weighted by molar-refractivity contribution is 5.94. The summed E-state index contributed by atoms with van der Waals surface area (Å²) in [4.78, 5) is 15.9. The van der Waals surface area contributed by atoms with Gasteiger partial charge in [-0.3, -0.25) is 4.98 Å². The average Bonchev–Trinajstić information content (AvgIpc) is 3.19. The van der Waals surface area contributed by atoms with Gasteiger partial charge in [0.15, 0.2) is 0 Å². The summed E-state index contributed by atoms with van der Waals surface area (Å²) in [5.74, 6) is 0.595. The number of aryl methyl sites for hydroxylation is 1. The monoisotopic (exact) mass is 413 g/mol.